The number of hydrogen-bond donors (Lipinski definition) is 2. The number of nitrogens with one attached hydrogen (secondary N) is 1. The third-order valence-corrected chi connectivity index (χ3v) is 2.60. The minimum Gasteiger partial charge on any atom is -0.454 e. The predicted molar refractivity (Wildman–Crippen MR) is 61.2 cm³/mol. The number of carbonyl (C=O) groups is 1. The molecule has 0 saturated carbocycles. The quantitative estimate of drug-likeness (QED) is 0.817. The lowest BCUT2D eigenvalue weighted by Gasteiger charge is -2.09. The minimum atomic E-state index is -0.507. The predicted octanol–water partition coefficient (Wildman–Crippen LogP) is 0.916. The van der Waals surface area contributed by atoms with E-state index >= 15 is 0 Å². The number of aliphatic hydroxyl groups excluding tert-OH is 1. The Morgan fingerprint density at radius 1 is 1.47 bits per heavy atom. The van der Waals surface area contributed by atoms with E-state index in [0.717, 1.165) is 0 Å². The summed E-state index contributed by atoms with van der Waals surface area (Å²) in [6.07, 6.45) is 0.106. The van der Waals surface area contributed by atoms with Crippen LogP contribution in [0.5, 0.6) is 11.5 Å². The number of aliphatic hydroxyl groups is 1. The van der Waals surface area contributed by atoms with Gasteiger partial charge in [0.1, 0.15) is 0 Å². The van der Waals surface area contributed by atoms with Crippen LogP contribution in [0.2, 0.25) is 0 Å². The maximum absolute atomic E-state index is 11.7. The van der Waals surface area contributed by atoms with Crippen LogP contribution in [0.15, 0.2) is 18.2 Å². The molecule has 2 N–H and O–H groups in total. The van der Waals surface area contributed by atoms with Crippen LogP contribution in [0.25, 0.3) is 0 Å². The van der Waals surface area contributed by atoms with Gasteiger partial charge in [0.2, 0.25) is 6.79 Å². The molecule has 0 spiro atoms. The van der Waals surface area contributed by atoms with E-state index in [1.807, 2.05) is 6.92 Å². The van der Waals surface area contributed by atoms with Crippen molar-refractivity contribution in [1.82, 2.24) is 5.32 Å². The number of hydrogen-bond acceptors (Lipinski definition) is 4. The molecular formula is C12H15NO4. The Morgan fingerprint density at radius 3 is 3.00 bits per heavy atom. The molecule has 1 aromatic carbocycles. The van der Waals surface area contributed by atoms with E-state index in [-0.39, 0.29) is 19.2 Å². The molecule has 0 bridgehead atoms. The summed E-state index contributed by atoms with van der Waals surface area (Å²) in [5, 5.41) is 12.0. The van der Waals surface area contributed by atoms with Crippen LogP contribution in [0.1, 0.15) is 23.7 Å². The van der Waals surface area contributed by atoms with Gasteiger partial charge in [-0.1, -0.05) is 6.92 Å². The summed E-state index contributed by atoms with van der Waals surface area (Å²) < 4.78 is 10.3. The number of benzene rings is 1. The van der Waals surface area contributed by atoms with Crippen LogP contribution < -0.4 is 14.8 Å². The molecule has 5 heteroatoms. The Morgan fingerprint density at radius 2 is 2.24 bits per heavy atom. The number of ether oxygens (including phenoxy) is 2. The third-order valence-electron chi connectivity index (χ3n) is 2.60. The van der Waals surface area contributed by atoms with Gasteiger partial charge in [-0.25, -0.2) is 0 Å². The van der Waals surface area contributed by atoms with Crippen LogP contribution in [-0.4, -0.2) is 30.5 Å². The van der Waals surface area contributed by atoms with Crippen molar-refractivity contribution >= 4 is 5.91 Å². The molecule has 1 aliphatic rings. The number of carbonyl (C=O) groups excluding carboxylic acids is 1. The first-order valence-electron chi connectivity index (χ1n) is 5.56. The molecule has 0 saturated heterocycles. The number of fused-ring (bicyclic) bond motifs is 1. The van der Waals surface area contributed by atoms with Crippen molar-refractivity contribution in [2.75, 3.05) is 13.3 Å². The Balaban J connectivity index is 2.00. The average molecular weight is 237 g/mol. The smallest absolute Gasteiger partial charge is 0.251 e. The molecule has 1 atom stereocenters. The zero-order valence-corrected chi connectivity index (χ0v) is 9.60. The van der Waals surface area contributed by atoms with Gasteiger partial charge >= 0.3 is 0 Å². The topological polar surface area (TPSA) is 67.8 Å². The largest absolute Gasteiger partial charge is 0.454 e. The Bertz CT molecular complexity index is 419. The van der Waals surface area contributed by atoms with Gasteiger partial charge in [-0.3, -0.25) is 4.79 Å². The fraction of sp³-hybridized carbons (Fsp3) is 0.417. The summed E-state index contributed by atoms with van der Waals surface area (Å²) in [5.41, 5.74) is 0.498. The summed E-state index contributed by atoms with van der Waals surface area (Å²) >= 11 is 0. The fourth-order valence-corrected chi connectivity index (χ4v) is 1.49. The van der Waals surface area contributed by atoms with Gasteiger partial charge in [-0.15, -0.1) is 0 Å². The minimum absolute atomic E-state index is 0.189. The van der Waals surface area contributed by atoms with Crippen molar-refractivity contribution in [2.45, 2.75) is 19.4 Å². The van der Waals surface area contributed by atoms with Crippen molar-refractivity contribution in [3.8, 4) is 11.5 Å². The molecular weight excluding hydrogens is 222 g/mol. The molecule has 2 rings (SSSR count). The monoisotopic (exact) mass is 237 g/mol. The standard InChI is InChI=1S/C12H15NO4/c1-2-9(14)6-13-12(15)8-3-4-10-11(5-8)17-7-16-10/h3-5,9,14H,2,6-7H2,1H3,(H,13,15). The second kappa shape index (κ2) is 5.05. The molecule has 0 fully saturated rings. The van der Waals surface area contributed by atoms with E-state index in [4.69, 9.17) is 9.47 Å². The van der Waals surface area contributed by atoms with E-state index < -0.39 is 6.10 Å². The van der Waals surface area contributed by atoms with Gasteiger partial charge in [0, 0.05) is 12.1 Å². The van der Waals surface area contributed by atoms with Gasteiger partial charge in [0.05, 0.1) is 6.10 Å². The van der Waals surface area contributed by atoms with Crippen LogP contribution in [0.3, 0.4) is 0 Å². The van der Waals surface area contributed by atoms with Crippen LogP contribution in [0.4, 0.5) is 0 Å². The fourth-order valence-electron chi connectivity index (χ4n) is 1.49. The average Bonchev–Trinajstić information content (AvgIpc) is 2.82. The first-order chi connectivity index (χ1) is 8.20. The van der Waals surface area contributed by atoms with Crippen molar-refractivity contribution < 1.29 is 19.4 Å². The van der Waals surface area contributed by atoms with Crippen LogP contribution in [-0.2, 0) is 0 Å². The molecule has 0 radical (unpaired) electrons. The van der Waals surface area contributed by atoms with Gasteiger partial charge < -0.3 is 19.9 Å². The van der Waals surface area contributed by atoms with Crippen LogP contribution in [0, 0.1) is 0 Å². The molecule has 1 heterocycles. The zero-order valence-electron chi connectivity index (χ0n) is 9.60. The second-order valence-electron chi connectivity index (χ2n) is 3.84. The lowest BCUT2D eigenvalue weighted by atomic mass is 10.2. The number of rotatable bonds is 4. The first-order valence-corrected chi connectivity index (χ1v) is 5.56. The van der Waals surface area contributed by atoms with E-state index in [9.17, 15) is 9.90 Å². The SMILES string of the molecule is CCC(O)CNC(=O)c1ccc2c(c1)OCO2. The molecule has 92 valence electrons. The van der Waals surface area contributed by atoms with E-state index in [2.05, 4.69) is 5.32 Å². The highest BCUT2D eigenvalue weighted by molar-refractivity contribution is 5.94. The molecule has 0 aliphatic carbocycles. The van der Waals surface area contributed by atoms with Gasteiger partial charge in [0.15, 0.2) is 11.5 Å². The lowest BCUT2D eigenvalue weighted by molar-refractivity contribution is 0.0913. The van der Waals surface area contributed by atoms with Crippen molar-refractivity contribution in [3.63, 3.8) is 0 Å². The van der Waals surface area contributed by atoms with Crippen molar-refractivity contribution in [1.29, 1.82) is 0 Å². The molecule has 1 aromatic rings. The second-order valence-corrected chi connectivity index (χ2v) is 3.84. The summed E-state index contributed by atoms with van der Waals surface area (Å²) in [4.78, 5) is 11.7. The highest BCUT2D eigenvalue weighted by atomic mass is 16.7. The molecule has 0 aromatic heterocycles. The maximum atomic E-state index is 11.7. The summed E-state index contributed by atoms with van der Waals surface area (Å²) in [6, 6.07) is 5.00. The van der Waals surface area contributed by atoms with E-state index in [1.54, 1.807) is 18.2 Å². The number of amides is 1. The zero-order chi connectivity index (χ0) is 12.3. The van der Waals surface area contributed by atoms with Crippen LogP contribution >= 0.6 is 0 Å². The summed E-state index contributed by atoms with van der Waals surface area (Å²) in [5.74, 6) is 1.000. The van der Waals surface area contributed by atoms with Gasteiger partial charge in [-0.2, -0.15) is 0 Å². The maximum Gasteiger partial charge on any atom is 0.251 e. The molecule has 17 heavy (non-hydrogen) atoms. The lowest BCUT2D eigenvalue weighted by Crippen LogP contribution is -2.31. The normalized spacial score (nSPS) is 14.5. The highest BCUT2D eigenvalue weighted by Gasteiger charge is 2.16. The summed E-state index contributed by atoms with van der Waals surface area (Å²) in [7, 11) is 0. The summed E-state index contributed by atoms with van der Waals surface area (Å²) in [6.45, 7) is 2.30. The third kappa shape index (κ3) is 2.68. The van der Waals surface area contributed by atoms with E-state index in [1.165, 1.54) is 0 Å². The molecule has 1 unspecified atom stereocenters. The molecule has 1 aliphatic heterocycles. The highest BCUT2D eigenvalue weighted by Crippen LogP contribution is 2.32. The molecule has 5 nitrogen and oxygen atoms in total. The Hall–Kier alpha value is -1.75. The van der Waals surface area contributed by atoms with Gasteiger partial charge in [-0.05, 0) is 24.6 Å². The first kappa shape index (κ1) is 11.7. The van der Waals surface area contributed by atoms with E-state index in [0.29, 0.717) is 23.5 Å². The Kier molecular flexibility index (Phi) is 3.49. The van der Waals surface area contributed by atoms with Gasteiger partial charge in [0.25, 0.3) is 5.91 Å². The van der Waals surface area contributed by atoms with Crippen molar-refractivity contribution in [3.05, 3.63) is 23.8 Å². The Labute approximate surface area is 99.3 Å². The molecule has 1 amide bonds. The van der Waals surface area contributed by atoms with Crippen molar-refractivity contribution in [2.24, 2.45) is 0 Å².